The van der Waals surface area contributed by atoms with Gasteiger partial charge in [-0.1, -0.05) is 0 Å². The van der Waals surface area contributed by atoms with E-state index in [9.17, 15) is 14.3 Å². The molecular weight excluding hydrogens is 307 g/mol. The molecule has 1 aromatic carbocycles. The fraction of sp³-hybridized carbons (Fsp3) is 0.267. The third-order valence-corrected chi connectivity index (χ3v) is 3.84. The summed E-state index contributed by atoms with van der Waals surface area (Å²) in [6.07, 6.45) is 0. The lowest BCUT2D eigenvalue weighted by Crippen LogP contribution is -2.40. The zero-order valence-corrected chi connectivity index (χ0v) is 13.0. The van der Waals surface area contributed by atoms with Gasteiger partial charge in [0.2, 0.25) is 0 Å². The highest BCUT2D eigenvalue weighted by molar-refractivity contribution is 7.08. The smallest absolute Gasteiger partial charge is 0.319 e. The van der Waals surface area contributed by atoms with Crippen LogP contribution in [0.2, 0.25) is 0 Å². The van der Waals surface area contributed by atoms with E-state index in [1.54, 1.807) is 18.4 Å². The molecule has 22 heavy (non-hydrogen) atoms. The summed E-state index contributed by atoms with van der Waals surface area (Å²) in [5, 5.41) is 18.9. The van der Waals surface area contributed by atoms with Crippen LogP contribution in [0.5, 0.6) is 5.75 Å². The number of benzene rings is 1. The molecule has 7 heteroatoms. The van der Waals surface area contributed by atoms with Crippen molar-refractivity contribution < 1.29 is 19.0 Å². The molecule has 0 aliphatic heterocycles. The summed E-state index contributed by atoms with van der Waals surface area (Å²) in [7, 11) is 1.45. The van der Waals surface area contributed by atoms with Crippen molar-refractivity contribution >= 4 is 23.1 Å². The zero-order valence-electron chi connectivity index (χ0n) is 12.2. The van der Waals surface area contributed by atoms with Crippen LogP contribution in [0.4, 0.5) is 14.9 Å². The van der Waals surface area contributed by atoms with Gasteiger partial charge in [0.1, 0.15) is 17.2 Å². The molecule has 0 saturated carbocycles. The number of halogens is 1. The molecule has 0 bridgehead atoms. The molecule has 2 rings (SSSR count). The maximum absolute atomic E-state index is 13.6. The third kappa shape index (κ3) is 3.96. The van der Waals surface area contributed by atoms with Crippen LogP contribution in [-0.4, -0.2) is 24.8 Å². The molecule has 1 heterocycles. The number of methoxy groups -OCH3 is 1. The Hall–Kier alpha value is -2.12. The Morgan fingerprint density at radius 3 is 2.86 bits per heavy atom. The van der Waals surface area contributed by atoms with E-state index >= 15 is 0 Å². The molecule has 1 unspecified atom stereocenters. The van der Waals surface area contributed by atoms with Crippen molar-refractivity contribution in [3.63, 3.8) is 0 Å². The fourth-order valence-electron chi connectivity index (χ4n) is 1.82. The van der Waals surface area contributed by atoms with Crippen LogP contribution in [0.3, 0.4) is 0 Å². The van der Waals surface area contributed by atoms with Crippen LogP contribution in [0.25, 0.3) is 0 Å². The first kappa shape index (κ1) is 16.3. The third-order valence-electron chi connectivity index (χ3n) is 3.16. The highest BCUT2D eigenvalue weighted by Crippen LogP contribution is 2.23. The van der Waals surface area contributed by atoms with E-state index in [4.69, 9.17) is 4.74 Å². The zero-order chi connectivity index (χ0) is 16.2. The van der Waals surface area contributed by atoms with Crippen molar-refractivity contribution in [1.29, 1.82) is 0 Å². The van der Waals surface area contributed by atoms with Crippen molar-refractivity contribution in [2.24, 2.45) is 0 Å². The largest absolute Gasteiger partial charge is 0.497 e. The first-order chi connectivity index (χ1) is 10.4. The minimum atomic E-state index is -1.19. The van der Waals surface area contributed by atoms with Gasteiger partial charge in [0.25, 0.3) is 0 Å². The fourth-order valence-corrected chi connectivity index (χ4v) is 2.60. The van der Waals surface area contributed by atoms with E-state index in [0.717, 1.165) is 0 Å². The lowest BCUT2D eigenvalue weighted by molar-refractivity contribution is 0.0604. The highest BCUT2D eigenvalue weighted by atomic mass is 32.1. The van der Waals surface area contributed by atoms with Crippen molar-refractivity contribution in [2.75, 3.05) is 19.0 Å². The predicted molar refractivity (Wildman–Crippen MR) is 83.9 cm³/mol. The van der Waals surface area contributed by atoms with Gasteiger partial charge in [-0.3, -0.25) is 0 Å². The molecule has 118 valence electrons. The summed E-state index contributed by atoms with van der Waals surface area (Å²) >= 11 is 1.46. The SMILES string of the molecule is COc1ccc(F)c(NC(=O)NCC(C)(O)c2ccsc2)c1. The number of anilines is 1. The maximum atomic E-state index is 13.6. The number of rotatable bonds is 5. The number of carbonyl (C=O) groups excluding carboxylic acids is 1. The Labute approximate surface area is 131 Å². The number of hydrogen-bond acceptors (Lipinski definition) is 4. The Bertz CT molecular complexity index is 644. The summed E-state index contributed by atoms with van der Waals surface area (Å²) < 4.78 is 18.6. The molecule has 0 radical (unpaired) electrons. The van der Waals surface area contributed by atoms with Crippen LogP contribution in [0.1, 0.15) is 12.5 Å². The number of urea groups is 1. The van der Waals surface area contributed by atoms with Crippen LogP contribution in [-0.2, 0) is 5.60 Å². The molecule has 2 amide bonds. The van der Waals surface area contributed by atoms with Crippen molar-refractivity contribution in [3.8, 4) is 5.75 Å². The van der Waals surface area contributed by atoms with E-state index in [1.807, 2.05) is 5.38 Å². The van der Waals surface area contributed by atoms with Gasteiger partial charge >= 0.3 is 6.03 Å². The van der Waals surface area contributed by atoms with E-state index in [2.05, 4.69) is 10.6 Å². The summed E-state index contributed by atoms with van der Waals surface area (Å²) in [5.74, 6) is -0.137. The van der Waals surface area contributed by atoms with Gasteiger partial charge in [-0.2, -0.15) is 11.3 Å². The van der Waals surface area contributed by atoms with Gasteiger partial charge in [0.15, 0.2) is 0 Å². The molecule has 5 nitrogen and oxygen atoms in total. The maximum Gasteiger partial charge on any atom is 0.319 e. The molecule has 0 saturated heterocycles. The second-order valence-corrected chi connectivity index (χ2v) is 5.72. The number of nitrogens with one attached hydrogen (secondary N) is 2. The molecule has 0 aliphatic rings. The average Bonchev–Trinajstić information content (AvgIpc) is 3.03. The summed E-state index contributed by atoms with van der Waals surface area (Å²) in [5.41, 5.74) is -0.470. The first-order valence-corrected chi connectivity index (χ1v) is 7.50. The van der Waals surface area contributed by atoms with E-state index in [-0.39, 0.29) is 12.2 Å². The first-order valence-electron chi connectivity index (χ1n) is 6.56. The number of ether oxygens (including phenoxy) is 1. The van der Waals surface area contributed by atoms with Crippen molar-refractivity contribution in [3.05, 3.63) is 46.4 Å². The molecule has 0 fully saturated rings. The summed E-state index contributed by atoms with van der Waals surface area (Å²) in [4.78, 5) is 11.8. The van der Waals surface area contributed by atoms with Gasteiger partial charge in [0, 0.05) is 6.07 Å². The molecule has 3 N–H and O–H groups in total. The Kier molecular flexibility index (Phi) is 4.99. The number of thiophene rings is 1. The van der Waals surface area contributed by atoms with Crippen LogP contribution in [0.15, 0.2) is 35.0 Å². The highest BCUT2D eigenvalue weighted by Gasteiger charge is 2.24. The average molecular weight is 324 g/mol. The molecular formula is C15H17FN2O3S. The second-order valence-electron chi connectivity index (χ2n) is 4.94. The number of hydrogen-bond donors (Lipinski definition) is 3. The number of aliphatic hydroxyl groups is 1. The van der Waals surface area contributed by atoms with Gasteiger partial charge < -0.3 is 20.5 Å². The Morgan fingerprint density at radius 1 is 1.45 bits per heavy atom. The Balaban J connectivity index is 1.96. The lowest BCUT2D eigenvalue weighted by atomic mass is 9.99. The molecule has 2 aromatic rings. The molecule has 1 aromatic heterocycles. The van der Waals surface area contributed by atoms with Crippen molar-refractivity contribution in [2.45, 2.75) is 12.5 Å². The van der Waals surface area contributed by atoms with Crippen LogP contribution >= 0.6 is 11.3 Å². The molecule has 0 aliphatic carbocycles. The normalized spacial score (nSPS) is 13.3. The van der Waals surface area contributed by atoms with E-state index in [1.165, 1.54) is 36.6 Å². The number of carbonyl (C=O) groups is 1. The lowest BCUT2D eigenvalue weighted by Gasteiger charge is -2.23. The monoisotopic (exact) mass is 324 g/mol. The molecule has 1 atom stereocenters. The predicted octanol–water partition coefficient (Wildman–Crippen LogP) is 2.93. The van der Waals surface area contributed by atoms with Crippen LogP contribution in [0, 0.1) is 5.82 Å². The van der Waals surface area contributed by atoms with E-state index in [0.29, 0.717) is 11.3 Å². The minimum Gasteiger partial charge on any atom is -0.497 e. The second kappa shape index (κ2) is 6.76. The topological polar surface area (TPSA) is 70.6 Å². The van der Waals surface area contributed by atoms with Crippen LogP contribution < -0.4 is 15.4 Å². The Morgan fingerprint density at radius 2 is 2.23 bits per heavy atom. The van der Waals surface area contributed by atoms with Gasteiger partial charge in [0.05, 0.1) is 19.3 Å². The summed E-state index contributed by atoms with van der Waals surface area (Å²) in [6, 6.07) is 5.22. The van der Waals surface area contributed by atoms with E-state index < -0.39 is 17.4 Å². The number of amides is 2. The van der Waals surface area contributed by atoms with Gasteiger partial charge in [-0.05, 0) is 41.4 Å². The molecule has 0 spiro atoms. The van der Waals surface area contributed by atoms with Crippen molar-refractivity contribution in [1.82, 2.24) is 5.32 Å². The minimum absolute atomic E-state index is 0.00115. The van der Waals surface area contributed by atoms with Gasteiger partial charge in [-0.15, -0.1) is 0 Å². The quantitative estimate of drug-likeness (QED) is 0.792. The standard InChI is InChI=1S/C15H17FN2O3S/c1-15(20,10-5-6-22-8-10)9-17-14(19)18-13-7-11(21-2)3-4-12(13)16/h3-8,20H,9H2,1-2H3,(H2,17,18,19). The van der Waals surface area contributed by atoms with Gasteiger partial charge in [-0.25, -0.2) is 9.18 Å². The summed E-state index contributed by atoms with van der Waals surface area (Å²) in [6.45, 7) is 1.60.